The van der Waals surface area contributed by atoms with E-state index in [2.05, 4.69) is 37.3 Å². The number of para-hydroxylation sites is 2. The van der Waals surface area contributed by atoms with E-state index in [0.717, 1.165) is 76.2 Å². The molecule has 3 aromatic rings. The third-order valence-corrected chi connectivity index (χ3v) is 10.5. The number of amides is 1. The van der Waals surface area contributed by atoms with Gasteiger partial charge in [0.15, 0.2) is 5.82 Å². The molecule has 1 atom stereocenters. The molecule has 0 spiro atoms. The molecule has 2 saturated heterocycles. The number of hydrogen-bond acceptors (Lipinski definition) is 11. The number of ether oxygens (including phenoxy) is 1. The van der Waals surface area contributed by atoms with Gasteiger partial charge in [-0.2, -0.15) is 4.98 Å². The lowest BCUT2D eigenvalue weighted by atomic mass is 9.95. The van der Waals surface area contributed by atoms with Crippen LogP contribution in [0.25, 0.3) is 0 Å². The van der Waals surface area contributed by atoms with Gasteiger partial charge in [0.05, 0.1) is 42.7 Å². The Bertz CT molecular complexity index is 1710. The van der Waals surface area contributed by atoms with Crippen molar-refractivity contribution in [1.82, 2.24) is 19.8 Å². The van der Waals surface area contributed by atoms with E-state index < -0.39 is 16.1 Å². The second-order valence-corrected chi connectivity index (χ2v) is 15.0. The summed E-state index contributed by atoms with van der Waals surface area (Å²) in [6.45, 7) is 10.2. The van der Waals surface area contributed by atoms with Gasteiger partial charge in [-0.25, -0.2) is 13.4 Å². The summed E-state index contributed by atoms with van der Waals surface area (Å²) in [5.74, 6) is 1.91. The van der Waals surface area contributed by atoms with Crippen LogP contribution in [0.15, 0.2) is 42.6 Å². The Labute approximate surface area is 288 Å². The fraction of sp³-hybridized carbons (Fsp3) is 0.485. The second kappa shape index (κ2) is 15.1. The number of sulfonamides is 1. The fourth-order valence-corrected chi connectivity index (χ4v) is 6.90. The smallest absolute Gasteiger partial charge is 0.239 e. The van der Waals surface area contributed by atoms with E-state index in [0.29, 0.717) is 40.5 Å². The highest BCUT2D eigenvalue weighted by molar-refractivity contribution is 7.92. The average molecular weight is 700 g/mol. The zero-order valence-corrected chi connectivity index (χ0v) is 29.8. The molecule has 48 heavy (non-hydrogen) atoms. The van der Waals surface area contributed by atoms with Crippen LogP contribution in [0.5, 0.6) is 5.75 Å². The summed E-state index contributed by atoms with van der Waals surface area (Å²) in [6, 6.07) is 10.6. The van der Waals surface area contributed by atoms with Gasteiger partial charge in [0.2, 0.25) is 21.9 Å². The molecular weight excluding hydrogens is 654 g/mol. The summed E-state index contributed by atoms with van der Waals surface area (Å²) in [6.07, 6.45) is 4.67. The van der Waals surface area contributed by atoms with Crippen LogP contribution in [0.1, 0.15) is 25.3 Å². The number of hydrogen-bond donors (Lipinski definition) is 3. The van der Waals surface area contributed by atoms with Crippen LogP contribution >= 0.6 is 11.6 Å². The molecule has 2 aliphatic heterocycles. The first-order valence-electron chi connectivity index (χ1n) is 16.1. The van der Waals surface area contributed by atoms with Crippen molar-refractivity contribution < 1.29 is 17.9 Å². The number of benzene rings is 2. The molecule has 0 aliphatic carbocycles. The van der Waals surface area contributed by atoms with Crippen molar-refractivity contribution in [3.05, 3.63) is 53.2 Å². The molecule has 2 aliphatic rings. The highest BCUT2D eigenvalue weighted by Gasteiger charge is 2.28. The maximum atomic E-state index is 12.2. The minimum Gasteiger partial charge on any atom is -0.494 e. The molecule has 1 amide bonds. The van der Waals surface area contributed by atoms with Crippen LogP contribution in [-0.2, 0) is 14.8 Å². The predicted octanol–water partition coefficient (Wildman–Crippen LogP) is 4.04. The number of piperidine rings is 1. The quantitative estimate of drug-likeness (QED) is 0.266. The number of anilines is 6. The lowest BCUT2D eigenvalue weighted by Crippen LogP contribution is -2.50. The molecule has 2 fully saturated rings. The number of nitrogens with one attached hydrogen (secondary N) is 2. The number of likely N-dealkylation sites (tertiary alicyclic amines) is 1. The van der Waals surface area contributed by atoms with Crippen LogP contribution in [0, 0.1) is 12.8 Å². The number of methoxy groups -OCH3 is 1. The third kappa shape index (κ3) is 8.41. The fourth-order valence-electron chi connectivity index (χ4n) is 6.24. The Hall–Kier alpha value is -3.85. The monoisotopic (exact) mass is 699 g/mol. The minimum atomic E-state index is -3.49. The van der Waals surface area contributed by atoms with Gasteiger partial charge in [-0.15, -0.1) is 0 Å². The topological polar surface area (TPSA) is 149 Å². The number of piperazine rings is 1. The van der Waals surface area contributed by atoms with E-state index in [-0.39, 0.29) is 10.9 Å². The maximum Gasteiger partial charge on any atom is 0.239 e. The van der Waals surface area contributed by atoms with Crippen LogP contribution < -0.4 is 30.3 Å². The Balaban J connectivity index is 1.23. The molecule has 4 N–H and O–H groups in total. The largest absolute Gasteiger partial charge is 0.494 e. The van der Waals surface area contributed by atoms with Crippen molar-refractivity contribution in [3.63, 3.8) is 0 Å². The highest BCUT2D eigenvalue weighted by Crippen LogP contribution is 2.36. The van der Waals surface area contributed by atoms with Crippen LogP contribution in [0.2, 0.25) is 5.02 Å². The van der Waals surface area contributed by atoms with Gasteiger partial charge in [-0.05, 0) is 56.4 Å². The molecule has 3 heterocycles. The summed E-state index contributed by atoms with van der Waals surface area (Å²) in [7, 11) is -0.364. The summed E-state index contributed by atoms with van der Waals surface area (Å²) < 4.78 is 31.4. The zero-order valence-electron chi connectivity index (χ0n) is 28.2. The van der Waals surface area contributed by atoms with E-state index in [1.807, 2.05) is 17.0 Å². The third-order valence-electron chi connectivity index (χ3n) is 9.05. The number of nitrogens with zero attached hydrogens (tertiary/aromatic N) is 6. The Morgan fingerprint density at radius 1 is 1.10 bits per heavy atom. The van der Waals surface area contributed by atoms with Crippen molar-refractivity contribution in [2.75, 3.05) is 86.1 Å². The molecule has 0 radical (unpaired) electrons. The van der Waals surface area contributed by atoms with Gasteiger partial charge in [-0.3, -0.25) is 14.0 Å². The van der Waals surface area contributed by atoms with Crippen molar-refractivity contribution in [1.29, 1.82) is 0 Å². The van der Waals surface area contributed by atoms with Gasteiger partial charge >= 0.3 is 0 Å². The number of halogens is 1. The SMILES string of the molecule is COc1cc(N2CCN(CC3CCN(C(=O)[C@H](C)N)CC3)CC2)c(C)cc1Nc1ncc(Cl)c(Nc2ccccc2N(C)S(C)(=O)=O)n1. The molecule has 260 valence electrons. The Kier molecular flexibility index (Phi) is 11.2. The van der Waals surface area contributed by atoms with Crippen LogP contribution in [0.3, 0.4) is 0 Å². The minimum absolute atomic E-state index is 0.0508. The average Bonchev–Trinajstić information content (AvgIpc) is 3.06. The molecule has 0 unspecified atom stereocenters. The van der Waals surface area contributed by atoms with Gasteiger partial charge in [0.25, 0.3) is 0 Å². The first-order valence-corrected chi connectivity index (χ1v) is 18.4. The molecule has 5 rings (SSSR count). The first-order chi connectivity index (χ1) is 22.8. The molecule has 2 aromatic carbocycles. The van der Waals surface area contributed by atoms with E-state index in [4.69, 9.17) is 22.1 Å². The summed E-state index contributed by atoms with van der Waals surface area (Å²) in [5.41, 5.74) is 9.68. The zero-order chi connectivity index (χ0) is 34.6. The van der Waals surface area contributed by atoms with Crippen molar-refractivity contribution in [2.45, 2.75) is 32.7 Å². The normalized spacial score (nSPS) is 16.8. The van der Waals surface area contributed by atoms with Crippen LogP contribution in [0.4, 0.5) is 34.5 Å². The number of carbonyl (C=O) groups excluding carboxylic acids is 1. The maximum absolute atomic E-state index is 12.2. The molecule has 0 bridgehead atoms. The molecule has 1 aromatic heterocycles. The van der Waals surface area contributed by atoms with Gasteiger partial charge in [-0.1, -0.05) is 23.7 Å². The predicted molar refractivity (Wildman–Crippen MR) is 193 cm³/mol. The summed E-state index contributed by atoms with van der Waals surface area (Å²) >= 11 is 6.45. The lowest BCUT2D eigenvalue weighted by molar-refractivity contribution is -0.133. The Morgan fingerprint density at radius 2 is 1.79 bits per heavy atom. The number of nitrogens with two attached hydrogens (primary N) is 1. The highest BCUT2D eigenvalue weighted by atomic mass is 35.5. The van der Waals surface area contributed by atoms with E-state index in [1.54, 1.807) is 38.3 Å². The van der Waals surface area contributed by atoms with Gasteiger partial charge in [0, 0.05) is 64.6 Å². The van der Waals surface area contributed by atoms with E-state index in [9.17, 15) is 13.2 Å². The summed E-state index contributed by atoms with van der Waals surface area (Å²) in [5, 5.41) is 6.70. The van der Waals surface area contributed by atoms with Crippen molar-refractivity contribution in [3.8, 4) is 5.75 Å². The lowest BCUT2D eigenvalue weighted by Gasteiger charge is -2.40. The molecule has 13 nitrogen and oxygen atoms in total. The standard InChI is InChI=1S/C33H46ClN9O4S/c1-22-18-27(38-33-36-20-25(34)31(39-33)37-26-8-6-7-9-28(26)40(3)48(5,45)46)30(47-4)19-29(22)42-16-14-41(15-17-42)21-24-10-12-43(13-11-24)32(44)23(2)35/h6-9,18-20,23-24H,10-17,21,35H2,1-5H3,(H2,36,37,38,39)/t23-/m0/s1. The molecule has 0 saturated carbocycles. The van der Waals surface area contributed by atoms with Gasteiger partial charge < -0.3 is 30.9 Å². The van der Waals surface area contributed by atoms with E-state index in [1.165, 1.54) is 17.5 Å². The second-order valence-electron chi connectivity index (χ2n) is 12.6. The summed E-state index contributed by atoms with van der Waals surface area (Å²) in [4.78, 5) is 28.0. The molecular formula is C33H46ClN9O4S. The first kappa shape index (κ1) is 35.5. The van der Waals surface area contributed by atoms with Crippen molar-refractivity contribution >= 4 is 62.0 Å². The Morgan fingerprint density at radius 3 is 2.44 bits per heavy atom. The van der Waals surface area contributed by atoms with Crippen LogP contribution in [-0.4, -0.2) is 106 Å². The van der Waals surface area contributed by atoms with Crippen molar-refractivity contribution in [2.24, 2.45) is 11.7 Å². The number of rotatable bonds is 11. The van der Waals surface area contributed by atoms with Gasteiger partial charge in [0.1, 0.15) is 10.8 Å². The molecule has 15 heteroatoms. The number of carbonyl (C=O) groups is 1. The number of aryl methyl sites for hydroxylation is 1. The van der Waals surface area contributed by atoms with E-state index >= 15 is 0 Å². The number of aromatic nitrogens is 2.